The minimum Gasteiger partial charge on any atom is -0.396 e. The number of unbranched alkanes of at least 4 members (excludes halogenated alkanes) is 1. The minimum atomic E-state index is -4.91. The number of anilines is 1. The summed E-state index contributed by atoms with van der Waals surface area (Å²) in [6, 6.07) is 1.15. The number of hydrogen-bond acceptors (Lipinski definition) is 2. The summed E-state index contributed by atoms with van der Waals surface area (Å²) in [5, 5.41) is 13.4. The van der Waals surface area contributed by atoms with Crippen LogP contribution in [-0.2, 0) is 12.4 Å². The highest BCUT2D eigenvalue weighted by atomic mass is 32.1. The van der Waals surface area contributed by atoms with Crippen molar-refractivity contribution in [3.05, 3.63) is 29.3 Å². The van der Waals surface area contributed by atoms with E-state index in [2.05, 4.69) is 10.6 Å². The summed E-state index contributed by atoms with van der Waals surface area (Å²) in [7, 11) is 0. The predicted molar refractivity (Wildman–Crippen MR) is 77.0 cm³/mol. The molecule has 0 aliphatic carbocycles. The summed E-state index contributed by atoms with van der Waals surface area (Å²) in [4.78, 5) is 0. The van der Waals surface area contributed by atoms with Gasteiger partial charge in [-0.1, -0.05) is 0 Å². The van der Waals surface area contributed by atoms with Crippen LogP contribution in [-0.4, -0.2) is 23.4 Å². The average Bonchev–Trinajstić information content (AvgIpc) is 2.41. The maximum Gasteiger partial charge on any atom is 0.416 e. The largest absolute Gasteiger partial charge is 0.416 e. The summed E-state index contributed by atoms with van der Waals surface area (Å²) < 4.78 is 76.2. The van der Waals surface area contributed by atoms with Crippen molar-refractivity contribution in [2.45, 2.75) is 25.2 Å². The summed E-state index contributed by atoms with van der Waals surface area (Å²) in [6.07, 6.45) is -8.77. The van der Waals surface area contributed by atoms with Gasteiger partial charge in [0.05, 0.1) is 11.1 Å². The van der Waals surface area contributed by atoms with E-state index in [0.717, 1.165) is 0 Å². The molecule has 0 saturated carbocycles. The smallest absolute Gasteiger partial charge is 0.396 e. The maximum absolute atomic E-state index is 12.7. The molecule has 0 unspecified atom stereocenters. The van der Waals surface area contributed by atoms with Crippen molar-refractivity contribution < 1.29 is 31.4 Å². The standard InChI is InChI=1S/C13H14F6N2OS/c14-12(15,16)8-5-9(13(17,18)19)7-10(6-8)21-11(23)20-3-1-2-4-22/h5-7,22H,1-4H2,(H2,20,21,23). The van der Waals surface area contributed by atoms with Crippen molar-refractivity contribution in [1.29, 1.82) is 0 Å². The lowest BCUT2D eigenvalue weighted by Crippen LogP contribution is -2.29. The zero-order chi connectivity index (χ0) is 17.7. The number of alkyl halides is 6. The Bertz CT molecular complexity index is 512. The van der Waals surface area contributed by atoms with E-state index in [1.54, 1.807) is 0 Å². The lowest BCUT2D eigenvalue weighted by Gasteiger charge is -2.16. The van der Waals surface area contributed by atoms with Gasteiger partial charge in [-0.2, -0.15) is 26.3 Å². The van der Waals surface area contributed by atoms with Crippen LogP contribution in [0.15, 0.2) is 18.2 Å². The lowest BCUT2D eigenvalue weighted by molar-refractivity contribution is -0.143. The maximum atomic E-state index is 12.7. The molecule has 10 heteroatoms. The molecule has 0 radical (unpaired) electrons. The van der Waals surface area contributed by atoms with Gasteiger partial charge in [-0.3, -0.25) is 0 Å². The van der Waals surface area contributed by atoms with E-state index in [1.807, 2.05) is 0 Å². The Morgan fingerprint density at radius 2 is 1.48 bits per heavy atom. The monoisotopic (exact) mass is 360 g/mol. The summed E-state index contributed by atoms with van der Waals surface area (Å²) in [6.45, 7) is 0.307. The SMILES string of the molecule is OCCCCNC(=S)Nc1cc(C(F)(F)F)cc(C(F)(F)F)c1. The molecule has 0 heterocycles. The molecule has 0 bridgehead atoms. The van der Waals surface area contributed by atoms with Crippen molar-refractivity contribution in [1.82, 2.24) is 5.32 Å². The number of halogens is 6. The second kappa shape index (κ2) is 7.82. The van der Waals surface area contributed by atoms with Crippen molar-refractivity contribution in [3.63, 3.8) is 0 Å². The molecule has 1 rings (SSSR count). The Morgan fingerprint density at radius 1 is 0.957 bits per heavy atom. The molecule has 3 N–H and O–H groups in total. The molecule has 3 nitrogen and oxygen atoms in total. The van der Waals surface area contributed by atoms with E-state index in [-0.39, 0.29) is 17.8 Å². The Balaban J connectivity index is 2.91. The van der Waals surface area contributed by atoms with Gasteiger partial charge in [-0.25, -0.2) is 0 Å². The van der Waals surface area contributed by atoms with E-state index in [0.29, 0.717) is 31.5 Å². The first-order chi connectivity index (χ1) is 10.5. The van der Waals surface area contributed by atoms with Crippen molar-refractivity contribution in [2.24, 2.45) is 0 Å². The fourth-order valence-corrected chi connectivity index (χ4v) is 1.86. The number of rotatable bonds is 5. The van der Waals surface area contributed by atoms with Gasteiger partial charge in [0, 0.05) is 18.8 Å². The van der Waals surface area contributed by atoms with Gasteiger partial charge >= 0.3 is 12.4 Å². The van der Waals surface area contributed by atoms with Crippen LogP contribution in [0.3, 0.4) is 0 Å². The van der Waals surface area contributed by atoms with Crippen LogP contribution >= 0.6 is 12.2 Å². The Labute approximate surface area is 133 Å². The number of aliphatic hydroxyl groups is 1. The van der Waals surface area contributed by atoms with Gasteiger partial charge in [0.25, 0.3) is 0 Å². The number of thiocarbonyl (C=S) groups is 1. The summed E-state index contributed by atoms with van der Waals surface area (Å²) >= 11 is 4.81. The van der Waals surface area contributed by atoms with Gasteiger partial charge in [0.1, 0.15) is 0 Å². The van der Waals surface area contributed by atoms with Gasteiger partial charge in [-0.15, -0.1) is 0 Å². The molecule has 1 aromatic carbocycles. The van der Waals surface area contributed by atoms with Crippen LogP contribution in [0.5, 0.6) is 0 Å². The van der Waals surface area contributed by atoms with Crippen molar-refractivity contribution >= 4 is 23.0 Å². The third-order valence-electron chi connectivity index (χ3n) is 2.72. The number of nitrogens with one attached hydrogen (secondary N) is 2. The molecule has 0 amide bonds. The molecule has 0 fully saturated rings. The van der Waals surface area contributed by atoms with Gasteiger partial charge in [0.15, 0.2) is 5.11 Å². The summed E-state index contributed by atoms with van der Waals surface area (Å²) in [5.74, 6) is 0. The second-order valence-corrected chi connectivity index (χ2v) is 5.01. The second-order valence-electron chi connectivity index (χ2n) is 4.61. The molecule has 0 aliphatic heterocycles. The van der Waals surface area contributed by atoms with Crippen LogP contribution in [0, 0.1) is 0 Å². The van der Waals surface area contributed by atoms with Crippen molar-refractivity contribution in [3.8, 4) is 0 Å². The van der Waals surface area contributed by atoms with E-state index in [4.69, 9.17) is 17.3 Å². The molecule has 1 aromatic rings. The fraction of sp³-hybridized carbons (Fsp3) is 0.462. The van der Waals surface area contributed by atoms with E-state index >= 15 is 0 Å². The molecule has 23 heavy (non-hydrogen) atoms. The van der Waals surface area contributed by atoms with Crippen molar-refractivity contribution in [2.75, 3.05) is 18.5 Å². The molecular formula is C13H14F6N2OS. The normalized spacial score (nSPS) is 12.1. The number of aliphatic hydroxyl groups excluding tert-OH is 1. The van der Waals surface area contributed by atoms with Crippen LogP contribution in [0.1, 0.15) is 24.0 Å². The average molecular weight is 360 g/mol. The third-order valence-corrected chi connectivity index (χ3v) is 2.96. The number of benzene rings is 1. The van der Waals surface area contributed by atoms with Crippen LogP contribution in [0.4, 0.5) is 32.0 Å². The van der Waals surface area contributed by atoms with E-state index in [1.165, 1.54) is 0 Å². The predicted octanol–water partition coefficient (Wildman–Crippen LogP) is 3.78. The van der Waals surface area contributed by atoms with Crippen LogP contribution < -0.4 is 10.6 Å². The first-order valence-corrected chi connectivity index (χ1v) is 6.90. The van der Waals surface area contributed by atoms with E-state index < -0.39 is 29.2 Å². The molecule has 0 spiro atoms. The summed E-state index contributed by atoms with van der Waals surface area (Å²) in [5.41, 5.74) is -3.25. The molecule has 0 aliphatic rings. The molecule has 130 valence electrons. The highest BCUT2D eigenvalue weighted by Gasteiger charge is 2.36. The quantitative estimate of drug-likeness (QED) is 0.425. The highest BCUT2D eigenvalue weighted by Crippen LogP contribution is 2.37. The van der Waals surface area contributed by atoms with Gasteiger partial charge in [0.2, 0.25) is 0 Å². The first-order valence-electron chi connectivity index (χ1n) is 6.49. The first kappa shape index (κ1) is 19.5. The molecule has 0 saturated heterocycles. The molecule has 0 aromatic heterocycles. The zero-order valence-corrected chi connectivity index (χ0v) is 12.5. The minimum absolute atomic E-state index is 0.0234. The Morgan fingerprint density at radius 3 is 1.91 bits per heavy atom. The van der Waals surface area contributed by atoms with Gasteiger partial charge < -0.3 is 15.7 Å². The van der Waals surface area contributed by atoms with Gasteiger partial charge in [-0.05, 0) is 43.3 Å². The molecule has 0 atom stereocenters. The Hall–Kier alpha value is -1.55. The topological polar surface area (TPSA) is 44.3 Å². The van der Waals surface area contributed by atoms with Crippen LogP contribution in [0.25, 0.3) is 0 Å². The van der Waals surface area contributed by atoms with Crippen LogP contribution in [0.2, 0.25) is 0 Å². The highest BCUT2D eigenvalue weighted by molar-refractivity contribution is 7.80. The molecular weight excluding hydrogens is 346 g/mol. The lowest BCUT2D eigenvalue weighted by atomic mass is 10.1. The fourth-order valence-electron chi connectivity index (χ4n) is 1.64. The third kappa shape index (κ3) is 6.61. The zero-order valence-electron chi connectivity index (χ0n) is 11.7. The Kier molecular flexibility index (Phi) is 6.63. The number of hydrogen-bond donors (Lipinski definition) is 3. The van der Waals surface area contributed by atoms with E-state index in [9.17, 15) is 26.3 Å².